The Morgan fingerprint density at radius 2 is 1.83 bits per heavy atom. The van der Waals surface area contributed by atoms with E-state index in [0.717, 1.165) is 44.7 Å². The number of rotatable bonds is 4. The summed E-state index contributed by atoms with van der Waals surface area (Å²) in [5.74, 6) is -0.519. The Balaban J connectivity index is 1.59. The van der Waals surface area contributed by atoms with Gasteiger partial charge in [-0.05, 0) is 49.4 Å². The quantitative estimate of drug-likeness (QED) is 0.720. The molecule has 7 nitrogen and oxygen atoms in total. The molecular formula is C23H27N5O2. The number of aromatic nitrogens is 3. The lowest BCUT2D eigenvalue weighted by molar-refractivity contribution is -0.140. The maximum atomic E-state index is 13.1. The van der Waals surface area contributed by atoms with Crippen molar-refractivity contribution in [1.82, 2.24) is 19.7 Å². The van der Waals surface area contributed by atoms with Gasteiger partial charge in [0.05, 0.1) is 5.69 Å². The molecule has 3 aromatic rings. The van der Waals surface area contributed by atoms with Crippen LogP contribution in [-0.4, -0.2) is 37.5 Å². The van der Waals surface area contributed by atoms with Gasteiger partial charge in [-0.2, -0.15) is 5.10 Å². The van der Waals surface area contributed by atoms with Gasteiger partial charge in [0, 0.05) is 37.5 Å². The van der Waals surface area contributed by atoms with Crippen LogP contribution in [0.5, 0.6) is 0 Å². The lowest BCUT2D eigenvalue weighted by Crippen LogP contribution is -2.51. The summed E-state index contributed by atoms with van der Waals surface area (Å²) >= 11 is 0. The number of amides is 2. The van der Waals surface area contributed by atoms with Crippen molar-refractivity contribution >= 4 is 22.8 Å². The molecule has 0 spiro atoms. The first kappa shape index (κ1) is 20.1. The van der Waals surface area contributed by atoms with Gasteiger partial charge in [-0.1, -0.05) is 24.3 Å². The number of pyridine rings is 1. The Morgan fingerprint density at radius 1 is 1.13 bits per heavy atom. The molecule has 2 N–H and O–H groups in total. The zero-order valence-electron chi connectivity index (χ0n) is 17.9. The second kappa shape index (κ2) is 7.55. The third-order valence-electron chi connectivity index (χ3n) is 6.22. The fourth-order valence-corrected chi connectivity index (χ4v) is 4.65. The summed E-state index contributed by atoms with van der Waals surface area (Å²) in [5, 5.41) is 5.53. The highest BCUT2D eigenvalue weighted by Gasteiger charge is 2.33. The predicted molar refractivity (Wildman–Crippen MR) is 115 cm³/mol. The summed E-state index contributed by atoms with van der Waals surface area (Å²) < 4.78 is 1.79. The first-order valence-corrected chi connectivity index (χ1v) is 10.2. The fourth-order valence-electron chi connectivity index (χ4n) is 4.65. The minimum Gasteiger partial charge on any atom is -0.368 e. The molecule has 156 valence electrons. The molecule has 0 saturated heterocycles. The second-order valence-corrected chi connectivity index (χ2v) is 8.12. The zero-order valence-corrected chi connectivity index (χ0v) is 17.9. The number of nitrogens with two attached hydrogens (primary N) is 1. The van der Waals surface area contributed by atoms with Crippen molar-refractivity contribution in [1.29, 1.82) is 0 Å². The standard InChI is InChI=1S/C23H27N5O2/c1-13-18(14(2)25-23-21(13)15(3)26-27(23)4)9-10-20(29)28-12-17-8-6-5-7-16(17)11-19(28)22(24)30/h5-8,19H,9-12H2,1-4H3,(H2,24,30)/t19-/m1/s1. The van der Waals surface area contributed by atoms with E-state index in [1.54, 1.807) is 9.58 Å². The Bertz CT molecular complexity index is 1160. The Kier molecular flexibility index (Phi) is 5.05. The van der Waals surface area contributed by atoms with Gasteiger partial charge in [0.15, 0.2) is 5.65 Å². The maximum absolute atomic E-state index is 13.1. The molecule has 2 amide bonds. The molecule has 1 atom stereocenters. The van der Waals surface area contributed by atoms with Crippen molar-refractivity contribution in [3.8, 4) is 0 Å². The number of aryl methyl sites for hydroxylation is 4. The molecule has 7 heteroatoms. The predicted octanol–water partition coefficient (Wildman–Crippen LogP) is 2.26. The van der Waals surface area contributed by atoms with Crippen molar-refractivity contribution < 1.29 is 9.59 Å². The molecule has 0 fully saturated rings. The fraction of sp³-hybridized carbons (Fsp3) is 0.391. The number of primary amides is 1. The Morgan fingerprint density at radius 3 is 2.53 bits per heavy atom. The number of hydrogen-bond donors (Lipinski definition) is 1. The molecule has 0 radical (unpaired) electrons. The first-order chi connectivity index (χ1) is 14.3. The van der Waals surface area contributed by atoms with E-state index in [4.69, 9.17) is 10.7 Å². The molecule has 0 saturated carbocycles. The first-order valence-electron chi connectivity index (χ1n) is 10.2. The smallest absolute Gasteiger partial charge is 0.240 e. The van der Waals surface area contributed by atoms with E-state index < -0.39 is 11.9 Å². The number of nitrogens with zero attached hydrogens (tertiary/aromatic N) is 4. The summed E-state index contributed by atoms with van der Waals surface area (Å²) in [6, 6.07) is 7.30. The lowest BCUT2D eigenvalue weighted by Gasteiger charge is -2.35. The Labute approximate surface area is 175 Å². The minimum absolute atomic E-state index is 0.0601. The molecule has 1 aromatic carbocycles. The van der Waals surface area contributed by atoms with Crippen LogP contribution in [0.25, 0.3) is 11.0 Å². The van der Waals surface area contributed by atoms with Gasteiger partial charge in [-0.25, -0.2) is 4.98 Å². The summed E-state index contributed by atoms with van der Waals surface area (Å²) in [6.45, 7) is 6.43. The van der Waals surface area contributed by atoms with E-state index in [-0.39, 0.29) is 5.91 Å². The number of fused-ring (bicyclic) bond motifs is 2. The topological polar surface area (TPSA) is 94.1 Å². The number of carbonyl (C=O) groups excluding carboxylic acids is 2. The summed E-state index contributed by atoms with van der Waals surface area (Å²) in [6.07, 6.45) is 1.34. The zero-order chi connectivity index (χ0) is 21.6. The molecule has 0 aliphatic carbocycles. The third-order valence-corrected chi connectivity index (χ3v) is 6.22. The molecule has 3 heterocycles. The van der Waals surface area contributed by atoms with Crippen LogP contribution in [0, 0.1) is 20.8 Å². The van der Waals surface area contributed by atoms with Gasteiger partial charge >= 0.3 is 0 Å². The van der Waals surface area contributed by atoms with Gasteiger partial charge in [0.25, 0.3) is 0 Å². The van der Waals surface area contributed by atoms with Gasteiger partial charge in [0.2, 0.25) is 11.8 Å². The molecule has 0 bridgehead atoms. The van der Waals surface area contributed by atoms with Crippen LogP contribution >= 0.6 is 0 Å². The van der Waals surface area contributed by atoms with Crippen LogP contribution in [0.15, 0.2) is 24.3 Å². The van der Waals surface area contributed by atoms with Gasteiger partial charge in [-0.3, -0.25) is 14.3 Å². The highest BCUT2D eigenvalue weighted by atomic mass is 16.2. The number of carbonyl (C=O) groups is 2. The molecular weight excluding hydrogens is 378 g/mol. The average molecular weight is 406 g/mol. The number of hydrogen-bond acceptors (Lipinski definition) is 4. The summed E-state index contributed by atoms with van der Waals surface area (Å²) in [5.41, 5.74) is 12.7. The van der Waals surface area contributed by atoms with Crippen LogP contribution in [0.3, 0.4) is 0 Å². The van der Waals surface area contributed by atoms with Crippen LogP contribution in [0.4, 0.5) is 0 Å². The SMILES string of the molecule is Cc1nc2c(c(C)nn2C)c(C)c1CCC(=O)N1Cc2ccccc2C[C@@H]1C(N)=O. The van der Waals surface area contributed by atoms with Crippen molar-refractivity contribution in [3.05, 3.63) is 57.9 Å². The van der Waals surface area contributed by atoms with Crippen molar-refractivity contribution in [2.45, 2.75) is 52.6 Å². The van der Waals surface area contributed by atoms with Crippen molar-refractivity contribution in [3.63, 3.8) is 0 Å². The minimum atomic E-state index is -0.601. The van der Waals surface area contributed by atoms with E-state index in [0.29, 0.717) is 25.8 Å². The molecule has 1 aliphatic rings. The second-order valence-electron chi connectivity index (χ2n) is 8.12. The molecule has 2 aromatic heterocycles. The third kappa shape index (κ3) is 3.34. The van der Waals surface area contributed by atoms with Crippen LogP contribution in [0.2, 0.25) is 0 Å². The van der Waals surface area contributed by atoms with Crippen LogP contribution in [-0.2, 0) is 36.0 Å². The van der Waals surface area contributed by atoms with Crippen molar-refractivity contribution in [2.24, 2.45) is 12.8 Å². The maximum Gasteiger partial charge on any atom is 0.240 e. The average Bonchev–Trinajstić information content (AvgIpc) is 2.99. The lowest BCUT2D eigenvalue weighted by atomic mass is 9.92. The molecule has 30 heavy (non-hydrogen) atoms. The van der Waals surface area contributed by atoms with E-state index in [9.17, 15) is 9.59 Å². The van der Waals surface area contributed by atoms with Crippen LogP contribution in [0.1, 0.15) is 40.1 Å². The highest BCUT2D eigenvalue weighted by molar-refractivity contribution is 5.88. The van der Waals surface area contributed by atoms with E-state index in [1.807, 2.05) is 45.2 Å². The van der Waals surface area contributed by atoms with E-state index >= 15 is 0 Å². The monoisotopic (exact) mass is 405 g/mol. The summed E-state index contributed by atoms with van der Waals surface area (Å²) in [4.78, 5) is 31.5. The summed E-state index contributed by atoms with van der Waals surface area (Å²) in [7, 11) is 1.89. The van der Waals surface area contributed by atoms with Gasteiger partial charge in [0.1, 0.15) is 6.04 Å². The van der Waals surface area contributed by atoms with Crippen LogP contribution < -0.4 is 5.73 Å². The molecule has 4 rings (SSSR count). The largest absolute Gasteiger partial charge is 0.368 e. The molecule has 1 aliphatic heterocycles. The number of benzene rings is 1. The van der Waals surface area contributed by atoms with Gasteiger partial charge < -0.3 is 10.6 Å². The van der Waals surface area contributed by atoms with Crippen molar-refractivity contribution in [2.75, 3.05) is 0 Å². The van der Waals surface area contributed by atoms with Gasteiger partial charge in [-0.15, -0.1) is 0 Å². The Hall–Kier alpha value is -3.22. The van der Waals surface area contributed by atoms with E-state index in [1.165, 1.54) is 0 Å². The van der Waals surface area contributed by atoms with E-state index in [2.05, 4.69) is 12.0 Å². The normalized spacial score (nSPS) is 16.0. The molecule has 0 unspecified atom stereocenters. The highest BCUT2D eigenvalue weighted by Crippen LogP contribution is 2.28.